The molecule has 0 radical (unpaired) electrons. The maximum Gasteiger partial charge on any atom is 0.257 e. The Bertz CT molecular complexity index is 753. The van der Waals surface area contributed by atoms with E-state index in [1.165, 1.54) is 0 Å². The highest BCUT2D eigenvalue weighted by Crippen LogP contribution is 2.24. The Morgan fingerprint density at radius 3 is 2.88 bits per heavy atom. The van der Waals surface area contributed by atoms with Crippen molar-refractivity contribution >= 4 is 34.3 Å². The summed E-state index contributed by atoms with van der Waals surface area (Å²) in [5.41, 5.74) is 0.723. The van der Waals surface area contributed by atoms with E-state index >= 15 is 0 Å². The molecule has 7 heteroatoms. The molecule has 0 spiro atoms. The molecule has 25 heavy (non-hydrogen) atoms. The topological polar surface area (TPSA) is 58.6 Å². The van der Waals surface area contributed by atoms with Gasteiger partial charge < -0.3 is 14.5 Å². The molecule has 0 saturated carbocycles. The van der Waals surface area contributed by atoms with Gasteiger partial charge in [-0.25, -0.2) is 9.97 Å². The molecule has 0 aliphatic carbocycles. The predicted octanol–water partition coefficient (Wildman–Crippen LogP) is 2.83. The van der Waals surface area contributed by atoms with E-state index in [-0.39, 0.29) is 12.0 Å². The van der Waals surface area contributed by atoms with Crippen LogP contribution < -0.4 is 9.64 Å². The number of nitrogens with zero attached hydrogens (tertiary/aromatic N) is 4. The molecule has 1 unspecified atom stereocenters. The van der Waals surface area contributed by atoms with Crippen LogP contribution in [0.1, 0.15) is 23.2 Å². The lowest BCUT2D eigenvalue weighted by molar-refractivity contribution is 0.0528. The molecule has 1 aromatic carbocycles. The molecular formula is C18H21IN4O2. The summed E-state index contributed by atoms with van der Waals surface area (Å²) in [5.74, 6) is 1.27. The largest absolute Gasteiger partial charge is 0.470 e. The van der Waals surface area contributed by atoms with Crippen LogP contribution in [0.25, 0.3) is 0 Å². The Labute approximate surface area is 161 Å². The molecule has 1 amide bonds. The van der Waals surface area contributed by atoms with E-state index in [4.69, 9.17) is 4.74 Å². The normalized spacial score (nSPS) is 17.2. The zero-order chi connectivity index (χ0) is 17.8. The first kappa shape index (κ1) is 17.9. The first-order chi connectivity index (χ1) is 12.0. The Hall–Kier alpha value is -1.90. The van der Waals surface area contributed by atoms with Crippen LogP contribution in [0.2, 0.25) is 0 Å². The molecule has 3 rings (SSSR count). The van der Waals surface area contributed by atoms with Gasteiger partial charge in [-0.05, 0) is 53.6 Å². The highest BCUT2D eigenvalue weighted by Gasteiger charge is 2.27. The third-order valence-electron chi connectivity index (χ3n) is 4.09. The Balaban J connectivity index is 1.70. The fourth-order valence-corrected chi connectivity index (χ4v) is 3.43. The van der Waals surface area contributed by atoms with Crippen LogP contribution in [0.3, 0.4) is 0 Å². The molecule has 1 aliphatic heterocycles. The Morgan fingerprint density at radius 1 is 1.32 bits per heavy atom. The molecule has 0 bridgehead atoms. The third kappa shape index (κ3) is 4.39. The number of aromatic nitrogens is 2. The number of anilines is 1. The molecule has 1 saturated heterocycles. The van der Waals surface area contributed by atoms with Crippen LogP contribution in [0, 0.1) is 3.57 Å². The van der Waals surface area contributed by atoms with E-state index in [0.717, 1.165) is 28.5 Å². The van der Waals surface area contributed by atoms with Crippen LogP contribution in [-0.2, 0) is 0 Å². The zero-order valence-corrected chi connectivity index (χ0v) is 16.5. The van der Waals surface area contributed by atoms with E-state index in [9.17, 15) is 4.79 Å². The average Bonchev–Trinajstić information content (AvgIpc) is 2.61. The second-order valence-electron chi connectivity index (χ2n) is 6.22. The van der Waals surface area contributed by atoms with Gasteiger partial charge in [0.2, 0.25) is 0 Å². The molecule has 1 aliphatic rings. The van der Waals surface area contributed by atoms with Crippen molar-refractivity contribution in [2.75, 3.05) is 32.1 Å². The highest BCUT2D eigenvalue weighted by molar-refractivity contribution is 14.1. The molecular weight excluding hydrogens is 431 g/mol. The van der Waals surface area contributed by atoms with Gasteiger partial charge in [-0.3, -0.25) is 4.79 Å². The molecule has 6 nitrogen and oxygen atoms in total. The van der Waals surface area contributed by atoms with E-state index in [2.05, 4.69) is 32.6 Å². The minimum absolute atomic E-state index is 0.0544. The minimum Gasteiger partial charge on any atom is -0.470 e. The lowest BCUT2D eigenvalue weighted by atomic mass is 10.1. The first-order valence-electron chi connectivity index (χ1n) is 8.24. The quantitative estimate of drug-likeness (QED) is 0.668. The lowest BCUT2D eigenvalue weighted by Crippen LogP contribution is -2.44. The molecule has 0 N–H and O–H groups in total. The van der Waals surface area contributed by atoms with E-state index < -0.39 is 0 Å². The summed E-state index contributed by atoms with van der Waals surface area (Å²) in [7, 11) is 3.81. The van der Waals surface area contributed by atoms with Crippen LogP contribution in [0.5, 0.6) is 5.88 Å². The number of rotatable bonds is 4. The molecule has 1 atom stereocenters. The number of hydrogen-bond acceptors (Lipinski definition) is 5. The van der Waals surface area contributed by atoms with Gasteiger partial charge in [-0.2, -0.15) is 0 Å². The van der Waals surface area contributed by atoms with Gasteiger partial charge in [0, 0.05) is 42.2 Å². The van der Waals surface area contributed by atoms with Gasteiger partial charge in [0.1, 0.15) is 6.10 Å². The fourth-order valence-electron chi connectivity index (χ4n) is 2.89. The van der Waals surface area contributed by atoms with E-state index in [0.29, 0.717) is 18.2 Å². The third-order valence-corrected chi connectivity index (χ3v) is 4.76. The van der Waals surface area contributed by atoms with Gasteiger partial charge in [-0.1, -0.05) is 6.07 Å². The summed E-state index contributed by atoms with van der Waals surface area (Å²) in [4.78, 5) is 25.1. The molecule has 132 valence electrons. The van der Waals surface area contributed by atoms with Gasteiger partial charge in [0.05, 0.1) is 6.54 Å². The first-order valence-corrected chi connectivity index (χ1v) is 9.32. The van der Waals surface area contributed by atoms with Crippen molar-refractivity contribution in [3.8, 4) is 5.88 Å². The van der Waals surface area contributed by atoms with Crippen molar-refractivity contribution in [2.24, 2.45) is 0 Å². The second-order valence-corrected chi connectivity index (χ2v) is 7.47. The summed E-state index contributed by atoms with van der Waals surface area (Å²) < 4.78 is 7.14. The van der Waals surface area contributed by atoms with E-state index in [1.807, 2.05) is 48.2 Å². The lowest BCUT2D eigenvalue weighted by Gasteiger charge is -2.33. The van der Waals surface area contributed by atoms with Gasteiger partial charge in [0.15, 0.2) is 5.82 Å². The molecule has 1 fully saturated rings. The van der Waals surface area contributed by atoms with Crippen molar-refractivity contribution in [3.05, 3.63) is 45.8 Å². The smallest absolute Gasteiger partial charge is 0.257 e. The average molecular weight is 452 g/mol. The SMILES string of the molecule is CN(C)c1nccnc1OC1CCCN(C(=O)c2cccc(I)c2)C1. The monoisotopic (exact) mass is 452 g/mol. The summed E-state index contributed by atoms with van der Waals surface area (Å²) in [6.45, 7) is 1.32. The number of benzene rings is 1. The highest BCUT2D eigenvalue weighted by atomic mass is 127. The molecule has 2 aromatic rings. The maximum absolute atomic E-state index is 12.8. The number of ether oxygens (including phenoxy) is 1. The van der Waals surface area contributed by atoms with Crippen LogP contribution >= 0.6 is 22.6 Å². The van der Waals surface area contributed by atoms with E-state index in [1.54, 1.807) is 12.4 Å². The second kappa shape index (κ2) is 7.99. The number of piperidine rings is 1. The van der Waals surface area contributed by atoms with Crippen molar-refractivity contribution < 1.29 is 9.53 Å². The minimum atomic E-state index is -0.0733. The number of carbonyl (C=O) groups excluding carboxylic acids is 1. The van der Waals surface area contributed by atoms with Crippen LogP contribution in [0.15, 0.2) is 36.7 Å². The van der Waals surface area contributed by atoms with Crippen LogP contribution in [-0.4, -0.2) is 54.1 Å². The molecule has 1 aromatic heterocycles. The summed E-state index contributed by atoms with van der Waals surface area (Å²) in [5, 5.41) is 0. The number of carbonyl (C=O) groups is 1. The van der Waals surface area contributed by atoms with Crippen molar-refractivity contribution in [3.63, 3.8) is 0 Å². The van der Waals surface area contributed by atoms with Gasteiger partial charge >= 0.3 is 0 Å². The Kier molecular flexibility index (Phi) is 5.72. The Morgan fingerprint density at radius 2 is 2.12 bits per heavy atom. The zero-order valence-electron chi connectivity index (χ0n) is 14.4. The number of hydrogen-bond donors (Lipinski definition) is 0. The number of halogens is 1. The standard InChI is InChI=1S/C18H21IN4O2/c1-22(2)16-17(21-9-8-20-16)25-15-7-4-10-23(12-15)18(24)13-5-3-6-14(19)11-13/h3,5-6,8-9,11,15H,4,7,10,12H2,1-2H3. The fraction of sp³-hybridized carbons (Fsp3) is 0.389. The maximum atomic E-state index is 12.8. The number of amides is 1. The van der Waals surface area contributed by atoms with Gasteiger partial charge in [-0.15, -0.1) is 0 Å². The van der Waals surface area contributed by atoms with Crippen molar-refractivity contribution in [2.45, 2.75) is 18.9 Å². The summed E-state index contributed by atoms with van der Waals surface area (Å²) in [6, 6.07) is 7.67. The molecule has 2 heterocycles. The summed E-state index contributed by atoms with van der Waals surface area (Å²) in [6.07, 6.45) is 5.02. The van der Waals surface area contributed by atoms with Crippen LogP contribution in [0.4, 0.5) is 5.82 Å². The van der Waals surface area contributed by atoms with Crippen molar-refractivity contribution in [1.82, 2.24) is 14.9 Å². The number of likely N-dealkylation sites (tertiary alicyclic amines) is 1. The van der Waals surface area contributed by atoms with Gasteiger partial charge in [0.25, 0.3) is 11.8 Å². The van der Waals surface area contributed by atoms with Crippen molar-refractivity contribution in [1.29, 1.82) is 0 Å². The summed E-state index contributed by atoms with van der Waals surface area (Å²) >= 11 is 2.22. The predicted molar refractivity (Wildman–Crippen MR) is 105 cm³/mol.